The number of benzene rings is 2. The van der Waals surface area contributed by atoms with Crippen LogP contribution in [-0.4, -0.2) is 11.0 Å². The highest BCUT2D eigenvalue weighted by Crippen LogP contribution is 2.29. The molecule has 104 valence electrons. The first-order valence-corrected chi connectivity index (χ1v) is 6.91. The number of nitrogens with two attached hydrogens (primary N) is 1. The Labute approximate surface area is 129 Å². The van der Waals surface area contributed by atoms with E-state index in [1.807, 2.05) is 13.0 Å². The van der Waals surface area contributed by atoms with Crippen molar-refractivity contribution in [2.45, 2.75) is 6.92 Å². The maximum atomic E-state index is 12.2. The summed E-state index contributed by atoms with van der Waals surface area (Å²) in [6.07, 6.45) is 0. The van der Waals surface area contributed by atoms with Crippen molar-refractivity contribution >= 4 is 44.8 Å². The van der Waals surface area contributed by atoms with Gasteiger partial charge in [-0.25, -0.2) is 0 Å². The Kier molecular flexibility index (Phi) is 4.20. The molecule has 0 spiro atoms. The molecule has 0 saturated carbocycles. The van der Waals surface area contributed by atoms with E-state index >= 15 is 0 Å². The maximum absolute atomic E-state index is 12.2. The molecule has 0 saturated heterocycles. The smallest absolute Gasteiger partial charge is 0.259 e. The topological polar surface area (TPSA) is 75.3 Å². The van der Waals surface area contributed by atoms with Gasteiger partial charge in [-0.15, -0.1) is 0 Å². The Bertz CT molecular complexity index is 666. The molecule has 2 aromatic carbocycles. The average Bonchev–Trinajstić information content (AvgIpc) is 2.33. The molecule has 0 aliphatic carbocycles. The van der Waals surface area contributed by atoms with Gasteiger partial charge in [-0.3, -0.25) is 4.79 Å². The van der Waals surface area contributed by atoms with Crippen LogP contribution in [0.3, 0.4) is 0 Å². The third-order valence-corrected chi connectivity index (χ3v) is 3.47. The molecule has 2 aromatic rings. The second kappa shape index (κ2) is 5.73. The van der Waals surface area contributed by atoms with Crippen molar-refractivity contribution in [1.29, 1.82) is 0 Å². The molecule has 4 N–H and O–H groups in total. The van der Waals surface area contributed by atoms with Crippen molar-refractivity contribution in [3.8, 4) is 5.75 Å². The Balaban J connectivity index is 2.33. The van der Waals surface area contributed by atoms with Gasteiger partial charge in [-0.05, 0) is 42.8 Å². The molecule has 6 heteroatoms. The number of halogens is 2. The van der Waals surface area contributed by atoms with E-state index in [4.69, 9.17) is 17.3 Å². The molecule has 1 amide bonds. The predicted octanol–water partition coefficient (Wildman–Crippen LogP) is 3.95. The van der Waals surface area contributed by atoms with Crippen LogP contribution < -0.4 is 11.1 Å². The first-order valence-electron chi connectivity index (χ1n) is 5.74. The Morgan fingerprint density at radius 2 is 2.05 bits per heavy atom. The summed E-state index contributed by atoms with van der Waals surface area (Å²) in [7, 11) is 0. The first kappa shape index (κ1) is 14.7. The number of hydrogen-bond donors (Lipinski definition) is 3. The van der Waals surface area contributed by atoms with Crippen LogP contribution in [0.15, 0.2) is 34.8 Å². The van der Waals surface area contributed by atoms with E-state index in [2.05, 4.69) is 21.2 Å². The normalized spacial score (nSPS) is 10.3. The van der Waals surface area contributed by atoms with Crippen LogP contribution in [0.4, 0.5) is 11.4 Å². The van der Waals surface area contributed by atoms with Gasteiger partial charge in [-0.1, -0.05) is 27.5 Å². The van der Waals surface area contributed by atoms with Gasteiger partial charge in [0.05, 0.1) is 16.9 Å². The van der Waals surface area contributed by atoms with Crippen LogP contribution in [0.1, 0.15) is 15.9 Å². The van der Waals surface area contributed by atoms with Crippen molar-refractivity contribution in [1.82, 2.24) is 0 Å². The third-order valence-electron chi connectivity index (χ3n) is 2.77. The highest BCUT2D eigenvalue weighted by atomic mass is 79.9. The minimum atomic E-state index is -0.448. The molecule has 0 aliphatic rings. The number of aryl methyl sites for hydroxylation is 1. The molecule has 0 atom stereocenters. The van der Waals surface area contributed by atoms with E-state index < -0.39 is 5.91 Å². The lowest BCUT2D eigenvalue weighted by atomic mass is 10.1. The fourth-order valence-corrected chi connectivity index (χ4v) is 2.57. The number of carbonyl (C=O) groups excluding carboxylic acids is 1. The lowest BCUT2D eigenvalue weighted by Gasteiger charge is -2.12. The van der Waals surface area contributed by atoms with Crippen molar-refractivity contribution in [3.05, 3.63) is 51.0 Å². The minimum Gasteiger partial charge on any atom is -0.507 e. The second-order valence-corrected chi connectivity index (χ2v) is 5.65. The third kappa shape index (κ3) is 3.05. The summed E-state index contributed by atoms with van der Waals surface area (Å²) in [6, 6.07) is 7.84. The predicted molar refractivity (Wildman–Crippen MR) is 84.4 cm³/mol. The minimum absolute atomic E-state index is 0.135. The van der Waals surface area contributed by atoms with Crippen LogP contribution in [0.2, 0.25) is 5.02 Å². The number of phenols is 1. The van der Waals surface area contributed by atoms with Crippen molar-refractivity contribution < 1.29 is 9.90 Å². The summed E-state index contributed by atoms with van der Waals surface area (Å²) in [5.74, 6) is -0.625. The van der Waals surface area contributed by atoms with Gasteiger partial charge in [-0.2, -0.15) is 0 Å². The fourth-order valence-electron chi connectivity index (χ4n) is 1.82. The van der Waals surface area contributed by atoms with E-state index in [0.717, 1.165) is 10.0 Å². The first-order chi connectivity index (χ1) is 9.38. The molecule has 0 fully saturated rings. The summed E-state index contributed by atoms with van der Waals surface area (Å²) < 4.78 is 0.833. The number of nitrogen functional groups attached to an aromatic ring is 1. The largest absolute Gasteiger partial charge is 0.507 e. The second-order valence-electron chi connectivity index (χ2n) is 4.30. The van der Waals surface area contributed by atoms with Crippen LogP contribution in [0.5, 0.6) is 5.75 Å². The van der Waals surface area contributed by atoms with Gasteiger partial charge in [0.15, 0.2) is 0 Å². The molecular weight excluding hydrogens is 344 g/mol. The molecule has 0 heterocycles. The summed E-state index contributed by atoms with van der Waals surface area (Å²) in [5, 5.41) is 12.8. The number of phenolic OH excluding ortho intramolecular Hbond substituents is 1. The molecular formula is C14H12BrClN2O2. The van der Waals surface area contributed by atoms with Gasteiger partial charge in [0, 0.05) is 9.50 Å². The molecule has 0 bridgehead atoms. The number of carbonyl (C=O) groups is 1. The number of aromatic hydroxyl groups is 1. The fraction of sp³-hybridized carbons (Fsp3) is 0.0714. The highest BCUT2D eigenvalue weighted by molar-refractivity contribution is 9.10. The zero-order valence-corrected chi connectivity index (χ0v) is 12.9. The zero-order valence-electron chi connectivity index (χ0n) is 10.6. The average molecular weight is 356 g/mol. The van der Waals surface area contributed by atoms with Crippen LogP contribution in [0.25, 0.3) is 0 Å². The van der Waals surface area contributed by atoms with Gasteiger partial charge in [0.1, 0.15) is 5.75 Å². The number of rotatable bonds is 2. The lowest BCUT2D eigenvalue weighted by molar-refractivity contribution is 0.102. The van der Waals surface area contributed by atoms with E-state index in [9.17, 15) is 9.90 Å². The molecule has 0 aromatic heterocycles. The van der Waals surface area contributed by atoms with E-state index in [-0.39, 0.29) is 11.3 Å². The van der Waals surface area contributed by atoms with Gasteiger partial charge in [0.2, 0.25) is 0 Å². The molecule has 0 aliphatic heterocycles. The quantitative estimate of drug-likeness (QED) is 0.714. The number of nitrogens with one attached hydrogen (secondary N) is 1. The number of amides is 1. The maximum Gasteiger partial charge on any atom is 0.259 e. The van der Waals surface area contributed by atoms with Gasteiger partial charge >= 0.3 is 0 Å². The number of hydrogen-bond acceptors (Lipinski definition) is 3. The monoisotopic (exact) mass is 354 g/mol. The molecule has 0 unspecified atom stereocenters. The van der Waals surface area contributed by atoms with Crippen molar-refractivity contribution in [2.24, 2.45) is 0 Å². The van der Waals surface area contributed by atoms with Crippen LogP contribution in [0, 0.1) is 6.92 Å². The molecule has 2 rings (SSSR count). The summed E-state index contributed by atoms with van der Waals surface area (Å²) in [6.45, 7) is 1.83. The van der Waals surface area contributed by atoms with Crippen molar-refractivity contribution in [3.63, 3.8) is 0 Å². The van der Waals surface area contributed by atoms with Crippen molar-refractivity contribution in [2.75, 3.05) is 11.1 Å². The van der Waals surface area contributed by atoms with Crippen LogP contribution in [-0.2, 0) is 0 Å². The van der Waals surface area contributed by atoms with Gasteiger partial charge in [0.25, 0.3) is 5.91 Å². The lowest BCUT2D eigenvalue weighted by Crippen LogP contribution is -2.14. The SMILES string of the molecule is Cc1cc(Br)cc(N)c1NC(=O)c1ccc(Cl)cc1O. The summed E-state index contributed by atoms with van der Waals surface area (Å²) in [5.41, 5.74) is 7.80. The van der Waals surface area contributed by atoms with Gasteiger partial charge < -0.3 is 16.2 Å². The Morgan fingerprint density at radius 1 is 1.35 bits per heavy atom. The standard InChI is InChI=1S/C14H12BrClN2O2/c1-7-4-8(15)5-11(17)13(7)18-14(20)10-3-2-9(16)6-12(10)19/h2-6,19H,17H2,1H3,(H,18,20). The van der Waals surface area contributed by atoms with E-state index in [1.54, 1.807) is 6.07 Å². The van der Waals surface area contributed by atoms with Crippen LogP contribution >= 0.6 is 27.5 Å². The molecule has 4 nitrogen and oxygen atoms in total. The highest BCUT2D eigenvalue weighted by Gasteiger charge is 2.14. The number of anilines is 2. The zero-order chi connectivity index (χ0) is 14.9. The Hall–Kier alpha value is -1.72. The summed E-state index contributed by atoms with van der Waals surface area (Å²) >= 11 is 9.06. The Morgan fingerprint density at radius 3 is 2.65 bits per heavy atom. The molecule has 0 radical (unpaired) electrons. The van der Waals surface area contributed by atoms with E-state index in [1.165, 1.54) is 18.2 Å². The molecule has 20 heavy (non-hydrogen) atoms. The van der Waals surface area contributed by atoms with E-state index in [0.29, 0.717) is 16.4 Å². The summed E-state index contributed by atoms with van der Waals surface area (Å²) in [4.78, 5) is 12.2.